The molecule has 0 heterocycles. The Hall–Kier alpha value is -0.590. The first-order valence-corrected chi connectivity index (χ1v) is 7.32. The van der Waals surface area contributed by atoms with Crippen LogP contribution in [0, 0.1) is 0 Å². The minimum atomic E-state index is -3.45. The summed E-state index contributed by atoms with van der Waals surface area (Å²) in [5.41, 5.74) is 5.51. The summed E-state index contributed by atoms with van der Waals surface area (Å²) in [5.74, 6) is 0.592. The molecule has 0 saturated heterocycles. The maximum atomic E-state index is 12.3. The van der Waals surface area contributed by atoms with Gasteiger partial charge in [0.1, 0.15) is 5.75 Å². The van der Waals surface area contributed by atoms with Crippen LogP contribution in [0.25, 0.3) is 0 Å². The molecule has 0 atom stereocenters. The zero-order chi connectivity index (χ0) is 13.3. The molecular formula is C11H16BrNO3S. The number of hydrogen-bond acceptors (Lipinski definition) is 4. The number of ether oxygens (including phenoxy) is 1. The predicted octanol–water partition coefficient (Wildman–Crippen LogP) is 1.97. The Bertz CT molecular complexity index is 511. The van der Waals surface area contributed by atoms with Crippen molar-refractivity contribution in [1.82, 2.24) is 0 Å². The van der Waals surface area contributed by atoms with E-state index in [1.807, 2.05) is 0 Å². The molecule has 0 saturated carbocycles. The van der Waals surface area contributed by atoms with Crippen LogP contribution in [0.1, 0.15) is 13.8 Å². The number of nitrogens with two attached hydrogens (primary N) is 1. The van der Waals surface area contributed by atoms with E-state index in [1.165, 1.54) is 19.2 Å². The smallest absolute Gasteiger partial charge is 0.184 e. The van der Waals surface area contributed by atoms with E-state index in [9.17, 15) is 8.42 Å². The Balaban J connectivity index is 3.31. The molecule has 1 aromatic carbocycles. The van der Waals surface area contributed by atoms with Crippen LogP contribution in [0.5, 0.6) is 5.75 Å². The third-order valence-corrected chi connectivity index (χ3v) is 5.77. The average Bonchev–Trinajstić information content (AvgIpc) is 2.28. The minimum absolute atomic E-state index is 0.0684. The second-order valence-electron chi connectivity index (χ2n) is 4.26. The van der Waals surface area contributed by atoms with Crippen molar-refractivity contribution in [2.24, 2.45) is 5.73 Å². The lowest BCUT2D eigenvalue weighted by Gasteiger charge is -2.23. The summed E-state index contributed by atoms with van der Waals surface area (Å²) in [7, 11) is -1.92. The zero-order valence-electron chi connectivity index (χ0n) is 10.0. The molecule has 4 nitrogen and oxygen atoms in total. The summed E-state index contributed by atoms with van der Waals surface area (Å²) in [6.45, 7) is 3.29. The number of benzene rings is 1. The van der Waals surface area contributed by atoms with Crippen molar-refractivity contribution in [2.75, 3.05) is 13.7 Å². The van der Waals surface area contributed by atoms with Crippen molar-refractivity contribution < 1.29 is 13.2 Å². The maximum absolute atomic E-state index is 12.3. The molecule has 0 aliphatic heterocycles. The summed E-state index contributed by atoms with van der Waals surface area (Å²) in [4.78, 5) is 0.237. The van der Waals surface area contributed by atoms with Crippen LogP contribution >= 0.6 is 15.9 Å². The monoisotopic (exact) mass is 321 g/mol. The van der Waals surface area contributed by atoms with E-state index in [2.05, 4.69) is 15.9 Å². The van der Waals surface area contributed by atoms with Gasteiger partial charge in [-0.3, -0.25) is 0 Å². The number of hydrogen-bond donors (Lipinski definition) is 1. The molecular weight excluding hydrogens is 306 g/mol. The van der Waals surface area contributed by atoms with Gasteiger partial charge in [-0.2, -0.15) is 0 Å². The van der Waals surface area contributed by atoms with Crippen LogP contribution in [0.4, 0.5) is 0 Å². The fourth-order valence-corrected chi connectivity index (χ4v) is 3.31. The third kappa shape index (κ3) is 2.64. The van der Waals surface area contributed by atoms with Crippen LogP contribution in [0.2, 0.25) is 0 Å². The third-order valence-electron chi connectivity index (χ3n) is 2.65. The molecule has 0 aliphatic rings. The molecule has 0 amide bonds. The van der Waals surface area contributed by atoms with Gasteiger partial charge < -0.3 is 10.5 Å². The van der Waals surface area contributed by atoms with Gasteiger partial charge >= 0.3 is 0 Å². The molecule has 0 radical (unpaired) electrons. The largest absolute Gasteiger partial charge is 0.496 e. The van der Waals surface area contributed by atoms with Crippen LogP contribution in [0.3, 0.4) is 0 Å². The van der Waals surface area contributed by atoms with Crippen LogP contribution in [-0.4, -0.2) is 26.8 Å². The Labute approximate surface area is 110 Å². The molecule has 96 valence electrons. The second kappa shape index (κ2) is 4.96. The van der Waals surface area contributed by atoms with Gasteiger partial charge in [-0.15, -0.1) is 0 Å². The number of halogens is 1. The predicted molar refractivity (Wildman–Crippen MR) is 71.0 cm³/mol. The van der Waals surface area contributed by atoms with Crippen LogP contribution in [-0.2, 0) is 9.84 Å². The highest BCUT2D eigenvalue weighted by Gasteiger charge is 2.34. The number of methoxy groups -OCH3 is 1. The summed E-state index contributed by atoms with van der Waals surface area (Å²) in [6.07, 6.45) is 0. The van der Waals surface area contributed by atoms with Crippen molar-refractivity contribution in [3.8, 4) is 5.75 Å². The standard InChI is InChI=1S/C11H16BrNO3S/c1-11(2,7-13)17(14,15)8-4-5-10(16-3)9(12)6-8/h4-6H,7,13H2,1-3H3. The summed E-state index contributed by atoms with van der Waals surface area (Å²) >= 11 is 3.27. The van der Waals surface area contributed by atoms with Crippen LogP contribution < -0.4 is 10.5 Å². The van der Waals surface area contributed by atoms with E-state index < -0.39 is 14.6 Å². The number of sulfone groups is 1. The highest BCUT2D eigenvalue weighted by atomic mass is 79.9. The lowest BCUT2D eigenvalue weighted by atomic mass is 10.2. The van der Waals surface area contributed by atoms with Gasteiger partial charge in [-0.1, -0.05) is 0 Å². The maximum Gasteiger partial charge on any atom is 0.184 e. The van der Waals surface area contributed by atoms with Crippen LogP contribution in [0.15, 0.2) is 27.6 Å². The molecule has 0 aromatic heterocycles. The summed E-state index contributed by atoms with van der Waals surface area (Å²) < 4.78 is 29.3. The zero-order valence-corrected chi connectivity index (χ0v) is 12.4. The van der Waals surface area contributed by atoms with Gasteiger partial charge in [0.25, 0.3) is 0 Å². The van der Waals surface area contributed by atoms with Crippen molar-refractivity contribution in [1.29, 1.82) is 0 Å². The van der Waals surface area contributed by atoms with Gasteiger partial charge in [0.2, 0.25) is 0 Å². The van der Waals surface area contributed by atoms with E-state index in [1.54, 1.807) is 19.9 Å². The Morgan fingerprint density at radius 2 is 2.00 bits per heavy atom. The van der Waals surface area contributed by atoms with Gasteiger partial charge in [-0.05, 0) is 48.0 Å². The van der Waals surface area contributed by atoms with Gasteiger partial charge in [0, 0.05) is 6.54 Å². The van der Waals surface area contributed by atoms with Gasteiger partial charge in [-0.25, -0.2) is 8.42 Å². The highest BCUT2D eigenvalue weighted by Crippen LogP contribution is 2.31. The topological polar surface area (TPSA) is 69.4 Å². The van der Waals surface area contributed by atoms with Gasteiger partial charge in [0.15, 0.2) is 9.84 Å². The van der Waals surface area contributed by atoms with E-state index in [-0.39, 0.29) is 11.4 Å². The molecule has 17 heavy (non-hydrogen) atoms. The Morgan fingerprint density at radius 3 is 2.41 bits per heavy atom. The first-order chi connectivity index (χ1) is 7.76. The molecule has 0 fully saturated rings. The van der Waals surface area contributed by atoms with Crippen molar-refractivity contribution in [3.63, 3.8) is 0 Å². The summed E-state index contributed by atoms with van der Waals surface area (Å²) in [6, 6.07) is 4.67. The van der Waals surface area contributed by atoms with E-state index in [4.69, 9.17) is 10.5 Å². The SMILES string of the molecule is COc1ccc(S(=O)(=O)C(C)(C)CN)cc1Br. The summed E-state index contributed by atoms with van der Waals surface area (Å²) in [5, 5.41) is 0. The average molecular weight is 322 g/mol. The first kappa shape index (κ1) is 14.5. The highest BCUT2D eigenvalue weighted by molar-refractivity contribution is 9.10. The quantitative estimate of drug-likeness (QED) is 0.920. The van der Waals surface area contributed by atoms with E-state index >= 15 is 0 Å². The lowest BCUT2D eigenvalue weighted by Crippen LogP contribution is -2.39. The van der Waals surface area contributed by atoms with Crippen molar-refractivity contribution in [3.05, 3.63) is 22.7 Å². The van der Waals surface area contributed by atoms with Gasteiger partial charge in [0.05, 0.1) is 21.2 Å². The fourth-order valence-electron chi connectivity index (χ4n) is 1.24. The lowest BCUT2D eigenvalue weighted by molar-refractivity contribution is 0.411. The molecule has 0 aliphatic carbocycles. The minimum Gasteiger partial charge on any atom is -0.496 e. The van der Waals surface area contributed by atoms with Crippen molar-refractivity contribution >= 4 is 25.8 Å². The molecule has 0 unspecified atom stereocenters. The first-order valence-electron chi connectivity index (χ1n) is 5.04. The molecule has 0 spiro atoms. The Kier molecular flexibility index (Phi) is 4.22. The van der Waals surface area contributed by atoms with E-state index in [0.29, 0.717) is 10.2 Å². The van der Waals surface area contributed by atoms with Crippen molar-refractivity contribution in [2.45, 2.75) is 23.5 Å². The molecule has 6 heteroatoms. The molecule has 1 rings (SSSR count). The molecule has 1 aromatic rings. The molecule has 0 bridgehead atoms. The number of rotatable bonds is 4. The second-order valence-corrected chi connectivity index (χ2v) is 7.70. The molecule has 2 N–H and O–H groups in total. The normalized spacial score (nSPS) is 12.5. The fraction of sp³-hybridized carbons (Fsp3) is 0.455. The van der Waals surface area contributed by atoms with E-state index in [0.717, 1.165) is 0 Å². The Morgan fingerprint density at radius 1 is 1.41 bits per heavy atom.